The minimum atomic E-state index is -0.209. The molecule has 1 aromatic carbocycles. The summed E-state index contributed by atoms with van der Waals surface area (Å²) in [5.41, 5.74) is 3.76. The van der Waals surface area contributed by atoms with Crippen LogP contribution in [0.25, 0.3) is 0 Å². The molecular weight excluding hydrogens is 396 g/mol. The van der Waals surface area contributed by atoms with E-state index in [1.807, 2.05) is 14.0 Å². The summed E-state index contributed by atoms with van der Waals surface area (Å²) in [5, 5.41) is 0. The first kappa shape index (κ1) is 29.8. The molecule has 0 heterocycles. The van der Waals surface area contributed by atoms with Gasteiger partial charge in [-0.3, -0.25) is 0 Å². The maximum Gasteiger partial charge on any atom is 0.409 e. The summed E-state index contributed by atoms with van der Waals surface area (Å²) in [6.45, 7) is 18.7. The van der Waals surface area contributed by atoms with Crippen LogP contribution in [-0.2, 0) is 11.2 Å². The molecule has 0 aliphatic carbocycles. The van der Waals surface area contributed by atoms with Crippen molar-refractivity contribution in [3.05, 3.63) is 54.6 Å². The van der Waals surface area contributed by atoms with Gasteiger partial charge in [-0.05, 0) is 44.7 Å². The zero-order chi connectivity index (χ0) is 24.2. The van der Waals surface area contributed by atoms with Gasteiger partial charge < -0.3 is 14.5 Å². The van der Waals surface area contributed by atoms with Gasteiger partial charge in [0.25, 0.3) is 0 Å². The minimum absolute atomic E-state index is 0.209. The van der Waals surface area contributed by atoms with Crippen LogP contribution in [0.1, 0.15) is 78.2 Å². The maximum absolute atomic E-state index is 12.2. The Bertz CT molecular complexity index is 642. The normalized spacial score (nSPS) is 10.0. The molecule has 1 rings (SSSR count). The Morgan fingerprint density at radius 3 is 2.28 bits per heavy atom. The van der Waals surface area contributed by atoms with Crippen molar-refractivity contribution in [3.8, 4) is 0 Å². The first-order valence-corrected chi connectivity index (χ1v) is 12.3. The summed E-state index contributed by atoms with van der Waals surface area (Å²) in [4.78, 5) is 16.2. The molecule has 0 spiro atoms. The third-order valence-electron chi connectivity index (χ3n) is 5.13. The molecule has 0 atom stereocenters. The van der Waals surface area contributed by atoms with Crippen LogP contribution in [0.4, 0.5) is 10.5 Å². The number of anilines is 1. The molecule has 0 radical (unpaired) electrons. The van der Waals surface area contributed by atoms with Crippen LogP contribution < -0.4 is 4.90 Å². The topological polar surface area (TPSA) is 32.8 Å². The van der Waals surface area contributed by atoms with Gasteiger partial charge in [-0.2, -0.15) is 0 Å². The van der Waals surface area contributed by atoms with Gasteiger partial charge in [-0.25, -0.2) is 4.79 Å². The van der Waals surface area contributed by atoms with E-state index >= 15 is 0 Å². The molecule has 0 aliphatic rings. The minimum Gasteiger partial charge on any atom is -0.449 e. The molecule has 182 valence electrons. The first-order valence-electron chi connectivity index (χ1n) is 12.3. The number of ether oxygens (including phenoxy) is 1. The van der Waals surface area contributed by atoms with Crippen molar-refractivity contribution in [3.63, 3.8) is 0 Å². The number of para-hydroxylation sites is 1. The predicted octanol–water partition coefficient (Wildman–Crippen LogP) is 7.64. The molecule has 0 saturated heterocycles. The number of amides is 1. The molecule has 4 heteroatoms. The fourth-order valence-electron chi connectivity index (χ4n) is 3.47. The number of nitrogens with zero attached hydrogens (tertiary/aromatic N) is 2. The molecule has 0 aliphatic heterocycles. The number of benzene rings is 1. The second-order valence-corrected chi connectivity index (χ2v) is 8.43. The largest absolute Gasteiger partial charge is 0.449 e. The average molecular weight is 445 g/mol. The monoisotopic (exact) mass is 444 g/mol. The van der Waals surface area contributed by atoms with E-state index in [0.717, 1.165) is 44.3 Å². The van der Waals surface area contributed by atoms with Crippen LogP contribution in [0.5, 0.6) is 0 Å². The molecule has 1 aromatic rings. The smallest absolute Gasteiger partial charge is 0.409 e. The van der Waals surface area contributed by atoms with Crippen molar-refractivity contribution in [1.82, 2.24) is 4.90 Å². The Balaban J connectivity index is 0.00000302. The van der Waals surface area contributed by atoms with E-state index in [1.165, 1.54) is 36.9 Å². The van der Waals surface area contributed by atoms with Crippen LogP contribution in [0.2, 0.25) is 0 Å². The van der Waals surface area contributed by atoms with E-state index in [2.05, 4.69) is 63.1 Å². The highest BCUT2D eigenvalue weighted by atomic mass is 16.6. The van der Waals surface area contributed by atoms with Crippen molar-refractivity contribution in [1.29, 1.82) is 0 Å². The van der Waals surface area contributed by atoms with Gasteiger partial charge >= 0.3 is 6.09 Å². The van der Waals surface area contributed by atoms with Crippen molar-refractivity contribution in [2.45, 2.75) is 79.1 Å². The highest BCUT2D eigenvalue weighted by molar-refractivity contribution is 5.67. The summed E-state index contributed by atoms with van der Waals surface area (Å²) in [6, 6.07) is 8.55. The van der Waals surface area contributed by atoms with E-state index in [9.17, 15) is 4.79 Å². The third-order valence-corrected chi connectivity index (χ3v) is 5.13. The van der Waals surface area contributed by atoms with Gasteiger partial charge in [0, 0.05) is 32.4 Å². The van der Waals surface area contributed by atoms with E-state index < -0.39 is 0 Å². The fourth-order valence-corrected chi connectivity index (χ4v) is 3.47. The van der Waals surface area contributed by atoms with Crippen molar-refractivity contribution in [2.75, 3.05) is 38.2 Å². The molecule has 0 bridgehead atoms. The summed E-state index contributed by atoms with van der Waals surface area (Å²) in [5.74, 6) is 0. The zero-order valence-electron chi connectivity index (χ0n) is 21.5. The Morgan fingerprint density at radius 2 is 1.66 bits per heavy atom. The summed E-state index contributed by atoms with van der Waals surface area (Å²) in [6.07, 6.45) is 10.6. The lowest BCUT2D eigenvalue weighted by Crippen LogP contribution is -2.33. The molecular formula is C28H48N2O2. The molecule has 0 unspecified atom stereocenters. The van der Waals surface area contributed by atoms with Gasteiger partial charge in [0.15, 0.2) is 0 Å². The van der Waals surface area contributed by atoms with E-state index in [-0.39, 0.29) is 6.09 Å². The second-order valence-electron chi connectivity index (χ2n) is 8.43. The van der Waals surface area contributed by atoms with Crippen molar-refractivity contribution in [2.24, 2.45) is 0 Å². The molecule has 0 fully saturated rings. The van der Waals surface area contributed by atoms with Gasteiger partial charge in [0.05, 0.1) is 6.61 Å². The summed E-state index contributed by atoms with van der Waals surface area (Å²) < 4.78 is 5.41. The van der Waals surface area contributed by atoms with E-state index in [4.69, 9.17) is 4.74 Å². The number of rotatable bonds is 15. The van der Waals surface area contributed by atoms with Crippen molar-refractivity contribution < 1.29 is 9.53 Å². The maximum atomic E-state index is 12.2. The molecule has 1 amide bonds. The third kappa shape index (κ3) is 14.0. The Morgan fingerprint density at radius 1 is 1.03 bits per heavy atom. The number of hydrogen-bond donors (Lipinski definition) is 0. The standard InChI is InChI=1S/C25H42N2O2.C3H6/c1-6-8-9-10-11-14-20-29-25(28)26(5)18-15-19-27(21-22(3)4)24-17-13-12-16-23(24)7-2;1-3-2/h12-13,16-17H,3,6-11,14-15,18-21H2,1-2,4-5H3;3H,1H2,2H3. The van der Waals surface area contributed by atoms with Crippen LogP contribution in [0, 0.1) is 0 Å². The zero-order valence-corrected chi connectivity index (χ0v) is 21.5. The Kier molecular flexibility index (Phi) is 18.1. The predicted molar refractivity (Wildman–Crippen MR) is 141 cm³/mol. The van der Waals surface area contributed by atoms with Crippen molar-refractivity contribution >= 4 is 11.8 Å². The van der Waals surface area contributed by atoms with Crippen LogP contribution in [0.15, 0.2) is 49.1 Å². The number of unbranched alkanes of at least 4 members (excludes halogenated alkanes) is 5. The van der Waals surface area contributed by atoms with Crippen LogP contribution in [-0.4, -0.2) is 44.3 Å². The van der Waals surface area contributed by atoms with E-state index in [1.54, 1.807) is 11.0 Å². The quantitative estimate of drug-likeness (QED) is 0.206. The molecule has 32 heavy (non-hydrogen) atoms. The molecule has 0 aromatic heterocycles. The highest BCUT2D eigenvalue weighted by Crippen LogP contribution is 2.22. The lowest BCUT2D eigenvalue weighted by molar-refractivity contribution is 0.109. The van der Waals surface area contributed by atoms with E-state index in [0.29, 0.717) is 13.2 Å². The van der Waals surface area contributed by atoms with Gasteiger partial charge in [0.1, 0.15) is 0 Å². The number of carbonyl (C=O) groups is 1. The fraction of sp³-hybridized carbons (Fsp3) is 0.607. The highest BCUT2D eigenvalue weighted by Gasteiger charge is 2.13. The number of carbonyl (C=O) groups excluding carboxylic acids is 1. The molecule has 0 N–H and O–H groups in total. The second kappa shape index (κ2) is 19.5. The SMILES string of the molecule is C=C(C)CN(CCCN(C)C(=O)OCCCCCCCC)c1ccccc1CC.C=CC. The Labute approximate surface area is 198 Å². The Hall–Kier alpha value is -2.23. The van der Waals surface area contributed by atoms with Crippen LogP contribution >= 0.6 is 0 Å². The summed E-state index contributed by atoms with van der Waals surface area (Å²) >= 11 is 0. The number of aryl methyl sites for hydroxylation is 1. The lowest BCUT2D eigenvalue weighted by atomic mass is 10.1. The molecule has 4 nitrogen and oxygen atoms in total. The number of hydrogen-bond acceptors (Lipinski definition) is 3. The van der Waals surface area contributed by atoms with Gasteiger partial charge in [0.2, 0.25) is 0 Å². The average Bonchev–Trinajstić information content (AvgIpc) is 2.77. The van der Waals surface area contributed by atoms with Gasteiger partial charge in [-0.15, -0.1) is 6.58 Å². The number of allylic oxidation sites excluding steroid dienone is 1. The molecule has 0 saturated carbocycles. The summed E-state index contributed by atoms with van der Waals surface area (Å²) in [7, 11) is 1.83. The lowest BCUT2D eigenvalue weighted by Gasteiger charge is -2.28. The van der Waals surface area contributed by atoms with Gasteiger partial charge in [-0.1, -0.05) is 82.4 Å². The van der Waals surface area contributed by atoms with Crippen LogP contribution in [0.3, 0.4) is 0 Å². The first-order chi connectivity index (χ1) is 15.4.